The molecule has 0 radical (unpaired) electrons. The Kier molecular flexibility index (Phi) is 4.12. The summed E-state index contributed by atoms with van der Waals surface area (Å²) >= 11 is 1.51. The molecule has 72 valence electrons. The summed E-state index contributed by atoms with van der Waals surface area (Å²) in [6, 6.07) is 3.79. The Morgan fingerprint density at radius 1 is 1.69 bits per heavy atom. The number of hydrogen-bond donors (Lipinski definition) is 1. The highest BCUT2D eigenvalue weighted by Gasteiger charge is 2.14. The third-order valence-corrected chi connectivity index (χ3v) is 2.94. The summed E-state index contributed by atoms with van der Waals surface area (Å²) < 4.78 is 0. The SMILES string of the molecule is CC(CCCN)C(=O)c1cccs1. The second-order valence-corrected chi connectivity index (χ2v) is 4.12. The van der Waals surface area contributed by atoms with Crippen LogP contribution in [-0.4, -0.2) is 12.3 Å². The van der Waals surface area contributed by atoms with Gasteiger partial charge in [0, 0.05) is 5.92 Å². The highest BCUT2D eigenvalue weighted by Crippen LogP contribution is 2.17. The van der Waals surface area contributed by atoms with E-state index in [0.29, 0.717) is 6.54 Å². The highest BCUT2D eigenvalue weighted by atomic mass is 32.1. The zero-order chi connectivity index (χ0) is 9.68. The van der Waals surface area contributed by atoms with E-state index >= 15 is 0 Å². The molecule has 0 aliphatic heterocycles. The maximum atomic E-state index is 11.7. The van der Waals surface area contributed by atoms with Crippen LogP contribution in [0.1, 0.15) is 29.4 Å². The van der Waals surface area contributed by atoms with E-state index < -0.39 is 0 Å². The van der Waals surface area contributed by atoms with E-state index in [1.807, 2.05) is 24.4 Å². The van der Waals surface area contributed by atoms with Crippen molar-refractivity contribution in [3.63, 3.8) is 0 Å². The molecule has 0 fully saturated rings. The van der Waals surface area contributed by atoms with Gasteiger partial charge in [0.05, 0.1) is 4.88 Å². The third-order valence-electron chi connectivity index (χ3n) is 2.05. The molecule has 0 amide bonds. The van der Waals surface area contributed by atoms with E-state index in [1.54, 1.807) is 0 Å². The number of carbonyl (C=O) groups is 1. The zero-order valence-corrected chi connectivity index (χ0v) is 8.64. The summed E-state index contributed by atoms with van der Waals surface area (Å²) in [6.07, 6.45) is 1.82. The molecular formula is C10H15NOS. The van der Waals surface area contributed by atoms with Crippen molar-refractivity contribution in [2.75, 3.05) is 6.54 Å². The molecule has 2 nitrogen and oxygen atoms in total. The minimum atomic E-state index is 0.113. The van der Waals surface area contributed by atoms with Gasteiger partial charge in [-0.05, 0) is 30.8 Å². The Labute approximate surface area is 82.8 Å². The van der Waals surface area contributed by atoms with Crippen LogP contribution in [0.5, 0.6) is 0 Å². The molecule has 0 aliphatic rings. The molecule has 3 heteroatoms. The standard InChI is InChI=1S/C10H15NOS/c1-8(4-2-6-11)10(12)9-5-3-7-13-9/h3,5,7-8H,2,4,6,11H2,1H3. The molecule has 1 heterocycles. The molecule has 2 N–H and O–H groups in total. The number of nitrogens with two attached hydrogens (primary N) is 1. The first kappa shape index (κ1) is 10.4. The van der Waals surface area contributed by atoms with Crippen molar-refractivity contribution in [2.45, 2.75) is 19.8 Å². The fourth-order valence-corrected chi connectivity index (χ4v) is 1.99. The second-order valence-electron chi connectivity index (χ2n) is 3.17. The first-order chi connectivity index (χ1) is 6.25. The van der Waals surface area contributed by atoms with Crippen molar-refractivity contribution in [3.8, 4) is 0 Å². The summed E-state index contributed by atoms with van der Waals surface area (Å²) in [5.41, 5.74) is 5.39. The van der Waals surface area contributed by atoms with Crippen molar-refractivity contribution in [3.05, 3.63) is 22.4 Å². The molecule has 0 bridgehead atoms. The molecule has 1 unspecified atom stereocenters. The molecule has 0 aliphatic carbocycles. The van der Waals surface area contributed by atoms with Crippen LogP contribution in [-0.2, 0) is 0 Å². The zero-order valence-electron chi connectivity index (χ0n) is 7.82. The lowest BCUT2D eigenvalue weighted by molar-refractivity contribution is 0.0927. The average molecular weight is 197 g/mol. The molecule has 1 atom stereocenters. The smallest absolute Gasteiger partial charge is 0.175 e. The monoisotopic (exact) mass is 197 g/mol. The number of thiophene rings is 1. The van der Waals surface area contributed by atoms with E-state index in [1.165, 1.54) is 11.3 Å². The normalized spacial score (nSPS) is 12.8. The van der Waals surface area contributed by atoms with E-state index in [2.05, 4.69) is 0 Å². The maximum Gasteiger partial charge on any atom is 0.175 e. The summed E-state index contributed by atoms with van der Waals surface area (Å²) in [5, 5.41) is 1.93. The molecule has 1 aromatic rings. The number of Topliss-reactive ketones (excluding diaryl/α,β-unsaturated/α-hetero) is 1. The van der Waals surface area contributed by atoms with Gasteiger partial charge in [-0.25, -0.2) is 0 Å². The molecule has 0 saturated carbocycles. The Bertz CT molecular complexity index is 256. The van der Waals surface area contributed by atoms with Gasteiger partial charge in [0.15, 0.2) is 5.78 Å². The molecule has 0 spiro atoms. The molecule has 0 aromatic carbocycles. The Morgan fingerprint density at radius 2 is 2.46 bits per heavy atom. The fraction of sp³-hybridized carbons (Fsp3) is 0.500. The van der Waals surface area contributed by atoms with E-state index in [9.17, 15) is 4.79 Å². The molecule has 1 aromatic heterocycles. The summed E-state index contributed by atoms with van der Waals surface area (Å²) in [7, 11) is 0. The van der Waals surface area contributed by atoms with Crippen molar-refractivity contribution in [1.82, 2.24) is 0 Å². The van der Waals surface area contributed by atoms with Crippen LogP contribution in [0.2, 0.25) is 0 Å². The van der Waals surface area contributed by atoms with Gasteiger partial charge >= 0.3 is 0 Å². The van der Waals surface area contributed by atoms with Crippen LogP contribution in [0, 0.1) is 5.92 Å². The van der Waals surface area contributed by atoms with Gasteiger partial charge in [-0.15, -0.1) is 11.3 Å². The maximum absolute atomic E-state index is 11.7. The molecule has 13 heavy (non-hydrogen) atoms. The van der Waals surface area contributed by atoms with Crippen LogP contribution in [0.4, 0.5) is 0 Å². The summed E-state index contributed by atoms with van der Waals surface area (Å²) in [5.74, 6) is 0.366. The lowest BCUT2D eigenvalue weighted by atomic mass is 9.99. The summed E-state index contributed by atoms with van der Waals surface area (Å²) in [6.45, 7) is 2.64. The van der Waals surface area contributed by atoms with Crippen molar-refractivity contribution < 1.29 is 4.79 Å². The molecule has 1 rings (SSSR count). The van der Waals surface area contributed by atoms with E-state index in [4.69, 9.17) is 5.73 Å². The van der Waals surface area contributed by atoms with Crippen molar-refractivity contribution in [1.29, 1.82) is 0 Å². The quantitative estimate of drug-likeness (QED) is 0.736. The average Bonchev–Trinajstić information content (AvgIpc) is 2.65. The fourth-order valence-electron chi connectivity index (χ4n) is 1.22. The van der Waals surface area contributed by atoms with E-state index in [0.717, 1.165) is 17.7 Å². The van der Waals surface area contributed by atoms with Gasteiger partial charge in [-0.3, -0.25) is 4.79 Å². The van der Waals surface area contributed by atoms with Crippen LogP contribution < -0.4 is 5.73 Å². The van der Waals surface area contributed by atoms with Crippen LogP contribution >= 0.6 is 11.3 Å². The van der Waals surface area contributed by atoms with Crippen molar-refractivity contribution >= 4 is 17.1 Å². The highest BCUT2D eigenvalue weighted by molar-refractivity contribution is 7.12. The van der Waals surface area contributed by atoms with Crippen LogP contribution in [0.3, 0.4) is 0 Å². The lowest BCUT2D eigenvalue weighted by Crippen LogP contribution is -2.11. The number of carbonyl (C=O) groups excluding carboxylic acids is 1. The lowest BCUT2D eigenvalue weighted by Gasteiger charge is -2.07. The van der Waals surface area contributed by atoms with E-state index in [-0.39, 0.29) is 11.7 Å². The largest absolute Gasteiger partial charge is 0.330 e. The van der Waals surface area contributed by atoms with Crippen LogP contribution in [0.15, 0.2) is 17.5 Å². The topological polar surface area (TPSA) is 43.1 Å². The number of ketones is 1. The molecular weight excluding hydrogens is 182 g/mol. The van der Waals surface area contributed by atoms with Gasteiger partial charge < -0.3 is 5.73 Å². The van der Waals surface area contributed by atoms with Gasteiger partial charge in [0.25, 0.3) is 0 Å². The van der Waals surface area contributed by atoms with Gasteiger partial charge in [0.2, 0.25) is 0 Å². The predicted molar refractivity (Wildman–Crippen MR) is 56.1 cm³/mol. The predicted octanol–water partition coefficient (Wildman–Crippen LogP) is 2.31. The Balaban J connectivity index is 2.48. The second kappa shape index (κ2) is 5.14. The van der Waals surface area contributed by atoms with Gasteiger partial charge in [-0.2, -0.15) is 0 Å². The Morgan fingerprint density at radius 3 is 3.00 bits per heavy atom. The minimum Gasteiger partial charge on any atom is -0.330 e. The van der Waals surface area contributed by atoms with Gasteiger partial charge in [-0.1, -0.05) is 13.0 Å². The first-order valence-corrected chi connectivity index (χ1v) is 5.41. The Hall–Kier alpha value is -0.670. The number of hydrogen-bond acceptors (Lipinski definition) is 3. The van der Waals surface area contributed by atoms with Crippen molar-refractivity contribution in [2.24, 2.45) is 11.7 Å². The van der Waals surface area contributed by atoms with Gasteiger partial charge in [0.1, 0.15) is 0 Å². The van der Waals surface area contributed by atoms with Crippen LogP contribution in [0.25, 0.3) is 0 Å². The minimum absolute atomic E-state index is 0.113. The summed E-state index contributed by atoms with van der Waals surface area (Å²) in [4.78, 5) is 12.5. The number of rotatable bonds is 5. The third kappa shape index (κ3) is 2.94. The molecule has 0 saturated heterocycles. The first-order valence-electron chi connectivity index (χ1n) is 4.53.